The Morgan fingerprint density at radius 2 is 2.15 bits per heavy atom. The summed E-state index contributed by atoms with van der Waals surface area (Å²) in [4.78, 5) is 12.8. The van der Waals surface area contributed by atoms with Crippen LogP contribution in [0.4, 0.5) is 0 Å². The third kappa shape index (κ3) is 3.73. The van der Waals surface area contributed by atoms with Crippen molar-refractivity contribution in [2.75, 3.05) is 13.2 Å². The molecule has 1 aromatic carbocycles. The smallest absolute Gasteiger partial charge is 0.317 e. The summed E-state index contributed by atoms with van der Waals surface area (Å²) in [5.74, 6) is 0.765. The van der Waals surface area contributed by atoms with Gasteiger partial charge in [0.15, 0.2) is 0 Å². The summed E-state index contributed by atoms with van der Waals surface area (Å²) in [6.45, 7) is 8.57. The number of carboxylic acid groups (broad SMARTS) is 1. The zero-order chi connectivity index (χ0) is 14.7. The van der Waals surface area contributed by atoms with Crippen molar-refractivity contribution < 1.29 is 14.6 Å². The maximum atomic E-state index is 10.8. The highest BCUT2D eigenvalue weighted by molar-refractivity contribution is 5.69. The second kappa shape index (κ2) is 6.27. The lowest BCUT2D eigenvalue weighted by Crippen LogP contribution is -2.24. The Balaban J connectivity index is 2.09. The Morgan fingerprint density at radius 3 is 2.80 bits per heavy atom. The lowest BCUT2D eigenvalue weighted by molar-refractivity contribution is -0.138. The number of ether oxygens (including phenoxy) is 1. The quantitative estimate of drug-likeness (QED) is 0.868. The highest BCUT2D eigenvalue weighted by atomic mass is 16.5. The van der Waals surface area contributed by atoms with Crippen molar-refractivity contribution in [2.45, 2.75) is 40.3 Å². The van der Waals surface area contributed by atoms with Gasteiger partial charge in [-0.1, -0.05) is 19.9 Å². The number of carboxylic acids is 1. The normalized spacial score (nSPS) is 14.6. The molecular weight excluding hydrogens is 254 g/mol. The summed E-state index contributed by atoms with van der Waals surface area (Å²) in [6.07, 6.45) is 1.03. The Kier molecular flexibility index (Phi) is 4.65. The van der Waals surface area contributed by atoms with Gasteiger partial charge in [0.25, 0.3) is 0 Å². The fraction of sp³-hybridized carbons (Fsp3) is 0.562. The first-order valence-electron chi connectivity index (χ1n) is 7.15. The summed E-state index contributed by atoms with van der Waals surface area (Å²) >= 11 is 0. The SMILES string of the molecule is Cc1cc2c(c(OCCC(C)C)c1)CN(CC(=O)O)C2. The first-order chi connectivity index (χ1) is 9.45. The molecule has 4 heteroatoms. The maximum Gasteiger partial charge on any atom is 0.317 e. The van der Waals surface area contributed by atoms with Crippen LogP contribution in [0.25, 0.3) is 0 Å². The molecule has 0 spiro atoms. The van der Waals surface area contributed by atoms with Gasteiger partial charge in [-0.3, -0.25) is 9.69 Å². The lowest BCUT2D eigenvalue weighted by atomic mass is 10.1. The molecule has 0 bridgehead atoms. The number of aliphatic carboxylic acids is 1. The molecule has 0 fully saturated rings. The Bertz CT molecular complexity index is 497. The van der Waals surface area contributed by atoms with Crippen molar-refractivity contribution in [1.29, 1.82) is 0 Å². The van der Waals surface area contributed by atoms with Crippen LogP contribution in [0.2, 0.25) is 0 Å². The number of nitrogens with zero attached hydrogens (tertiary/aromatic N) is 1. The first-order valence-corrected chi connectivity index (χ1v) is 7.15. The maximum absolute atomic E-state index is 10.8. The van der Waals surface area contributed by atoms with E-state index in [4.69, 9.17) is 9.84 Å². The van der Waals surface area contributed by atoms with Crippen molar-refractivity contribution >= 4 is 5.97 Å². The van der Waals surface area contributed by atoms with Crippen LogP contribution in [-0.2, 0) is 17.9 Å². The Labute approximate surface area is 120 Å². The Hall–Kier alpha value is -1.55. The van der Waals surface area contributed by atoms with Crippen LogP contribution in [0.1, 0.15) is 37.0 Å². The molecule has 0 aliphatic carbocycles. The minimum Gasteiger partial charge on any atom is -0.493 e. The predicted molar refractivity (Wildman–Crippen MR) is 77.9 cm³/mol. The highest BCUT2D eigenvalue weighted by Crippen LogP contribution is 2.32. The molecule has 1 aliphatic heterocycles. The average Bonchev–Trinajstić information content (AvgIpc) is 2.69. The van der Waals surface area contributed by atoms with Gasteiger partial charge in [0.2, 0.25) is 0 Å². The average molecular weight is 277 g/mol. The summed E-state index contributed by atoms with van der Waals surface area (Å²) in [6, 6.07) is 4.19. The molecule has 0 atom stereocenters. The van der Waals surface area contributed by atoms with Crippen LogP contribution in [0.3, 0.4) is 0 Å². The fourth-order valence-corrected chi connectivity index (χ4v) is 2.53. The third-order valence-corrected chi connectivity index (χ3v) is 3.53. The Morgan fingerprint density at radius 1 is 1.40 bits per heavy atom. The minimum absolute atomic E-state index is 0.0825. The van der Waals surface area contributed by atoms with Gasteiger partial charge in [-0.15, -0.1) is 0 Å². The fourth-order valence-electron chi connectivity index (χ4n) is 2.53. The van der Waals surface area contributed by atoms with Gasteiger partial charge in [0.1, 0.15) is 5.75 Å². The molecule has 110 valence electrons. The van der Waals surface area contributed by atoms with E-state index in [9.17, 15) is 4.79 Å². The van der Waals surface area contributed by atoms with E-state index < -0.39 is 5.97 Å². The molecule has 2 rings (SSSR count). The van der Waals surface area contributed by atoms with Crippen LogP contribution < -0.4 is 4.74 Å². The van der Waals surface area contributed by atoms with E-state index in [1.165, 1.54) is 11.1 Å². The van der Waals surface area contributed by atoms with E-state index in [0.29, 0.717) is 25.6 Å². The van der Waals surface area contributed by atoms with Gasteiger partial charge in [-0.05, 0) is 36.5 Å². The molecule has 4 nitrogen and oxygen atoms in total. The third-order valence-electron chi connectivity index (χ3n) is 3.53. The van der Waals surface area contributed by atoms with E-state index in [2.05, 4.69) is 32.9 Å². The predicted octanol–water partition coefficient (Wildman–Crippen LogP) is 2.82. The molecular formula is C16H23NO3. The van der Waals surface area contributed by atoms with Crippen molar-refractivity contribution in [1.82, 2.24) is 4.90 Å². The monoisotopic (exact) mass is 277 g/mol. The zero-order valence-corrected chi connectivity index (χ0v) is 12.5. The number of benzene rings is 1. The largest absolute Gasteiger partial charge is 0.493 e. The van der Waals surface area contributed by atoms with Gasteiger partial charge >= 0.3 is 5.97 Å². The van der Waals surface area contributed by atoms with Gasteiger partial charge in [-0.25, -0.2) is 0 Å². The molecule has 0 saturated carbocycles. The molecule has 1 heterocycles. The van der Waals surface area contributed by atoms with Crippen LogP contribution in [0.5, 0.6) is 5.75 Å². The number of hydrogen-bond acceptors (Lipinski definition) is 3. The minimum atomic E-state index is -0.781. The molecule has 1 aliphatic rings. The molecule has 0 unspecified atom stereocenters. The number of hydrogen-bond donors (Lipinski definition) is 1. The van der Waals surface area contributed by atoms with E-state index in [-0.39, 0.29) is 6.54 Å². The second-order valence-electron chi connectivity index (χ2n) is 5.97. The van der Waals surface area contributed by atoms with Crippen LogP contribution in [-0.4, -0.2) is 29.1 Å². The van der Waals surface area contributed by atoms with E-state index in [1.54, 1.807) is 0 Å². The van der Waals surface area contributed by atoms with Gasteiger partial charge in [-0.2, -0.15) is 0 Å². The van der Waals surface area contributed by atoms with Crippen molar-refractivity contribution in [3.8, 4) is 5.75 Å². The zero-order valence-electron chi connectivity index (χ0n) is 12.5. The number of rotatable bonds is 6. The standard InChI is InChI=1S/C16H23NO3/c1-11(2)4-5-20-15-7-12(3)6-13-8-17(9-14(13)15)10-16(18)19/h6-7,11H,4-5,8-10H2,1-3H3,(H,18,19). The molecule has 0 radical (unpaired) electrons. The number of carbonyl (C=O) groups is 1. The summed E-state index contributed by atoms with van der Waals surface area (Å²) in [5.41, 5.74) is 3.52. The summed E-state index contributed by atoms with van der Waals surface area (Å²) < 4.78 is 5.92. The molecule has 0 saturated heterocycles. The van der Waals surface area contributed by atoms with E-state index >= 15 is 0 Å². The van der Waals surface area contributed by atoms with Crippen LogP contribution in [0, 0.1) is 12.8 Å². The van der Waals surface area contributed by atoms with Crippen molar-refractivity contribution in [2.24, 2.45) is 5.92 Å². The van der Waals surface area contributed by atoms with Gasteiger partial charge < -0.3 is 9.84 Å². The molecule has 0 aromatic heterocycles. The summed E-state index contributed by atoms with van der Waals surface area (Å²) in [5, 5.41) is 8.91. The van der Waals surface area contributed by atoms with E-state index in [0.717, 1.165) is 17.7 Å². The number of aryl methyl sites for hydroxylation is 1. The molecule has 0 amide bonds. The van der Waals surface area contributed by atoms with Gasteiger partial charge in [0.05, 0.1) is 13.2 Å². The topological polar surface area (TPSA) is 49.8 Å². The lowest BCUT2D eigenvalue weighted by Gasteiger charge is -2.13. The summed E-state index contributed by atoms with van der Waals surface area (Å²) in [7, 11) is 0. The van der Waals surface area contributed by atoms with Crippen molar-refractivity contribution in [3.05, 3.63) is 28.8 Å². The van der Waals surface area contributed by atoms with Crippen LogP contribution in [0.15, 0.2) is 12.1 Å². The van der Waals surface area contributed by atoms with E-state index in [1.807, 2.05) is 4.90 Å². The highest BCUT2D eigenvalue weighted by Gasteiger charge is 2.24. The van der Waals surface area contributed by atoms with Gasteiger partial charge in [0, 0.05) is 18.7 Å². The molecule has 1 aromatic rings. The van der Waals surface area contributed by atoms with Crippen LogP contribution >= 0.6 is 0 Å². The second-order valence-corrected chi connectivity index (χ2v) is 5.97. The van der Waals surface area contributed by atoms with Crippen molar-refractivity contribution in [3.63, 3.8) is 0 Å². The first kappa shape index (κ1) is 14.9. The number of fused-ring (bicyclic) bond motifs is 1. The molecule has 1 N–H and O–H groups in total. The molecule has 20 heavy (non-hydrogen) atoms.